The second-order valence-electron chi connectivity index (χ2n) is 8.87. The number of likely N-dealkylation sites (tertiary alicyclic amines) is 1. The number of carbonyl (C=O) groups is 1. The predicted molar refractivity (Wildman–Crippen MR) is 119 cm³/mol. The maximum absolute atomic E-state index is 13.0. The minimum Gasteiger partial charge on any atom is -0.378 e. The van der Waals surface area contributed by atoms with Gasteiger partial charge in [0.05, 0.1) is 12.2 Å². The van der Waals surface area contributed by atoms with Gasteiger partial charge in [-0.05, 0) is 56.1 Å². The van der Waals surface area contributed by atoms with Gasteiger partial charge in [0.25, 0.3) is 5.91 Å². The molecule has 2 fully saturated rings. The maximum Gasteiger partial charge on any atom is 0.253 e. The van der Waals surface area contributed by atoms with Crippen LogP contribution in [0.3, 0.4) is 0 Å². The van der Waals surface area contributed by atoms with Crippen LogP contribution in [0.1, 0.15) is 35.2 Å². The van der Waals surface area contributed by atoms with Crippen molar-refractivity contribution >= 4 is 11.6 Å². The number of hydrogen-bond donors (Lipinski definition) is 0. The number of likely N-dealkylation sites (N-methyl/N-ethyl adjacent to an activating group) is 1. The Balaban J connectivity index is 1.33. The molecule has 2 saturated heterocycles. The van der Waals surface area contributed by atoms with Crippen molar-refractivity contribution in [2.45, 2.75) is 37.5 Å². The van der Waals surface area contributed by atoms with E-state index in [-0.39, 0.29) is 11.5 Å². The molecule has 1 spiro atoms. The second-order valence-corrected chi connectivity index (χ2v) is 8.87. The smallest absolute Gasteiger partial charge is 0.253 e. The molecule has 0 radical (unpaired) electrons. The van der Waals surface area contributed by atoms with Gasteiger partial charge in [0.2, 0.25) is 0 Å². The van der Waals surface area contributed by atoms with Crippen molar-refractivity contribution in [2.24, 2.45) is 0 Å². The lowest BCUT2D eigenvalue weighted by atomic mass is 9.87. The molecule has 0 saturated carbocycles. The summed E-state index contributed by atoms with van der Waals surface area (Å²) in [5, 5.41) is 0. The summed E-state index contributed by atoms with van der Waals surface area (Å²) in [6, 6.07) is 12.4. The average molecular weight is 409 g/mol. The van der Waals surface area contributed by atoms with E-state index in [0.29, 0.717) is 6.04 Å². The summed E-state index contributed by atoms with van der Waals surface area (Å²) in [4.78, 5) is 23.6. The molecule has 1 aromatic carbocycles. The number of aromatic nitrogens is 1. The van der Waals surface area contributed by atoms with Crippen LogP contribution >= 0.6 is 0 Å². The summed E-state index contributed by atoms with van der Waals surface area (Å²) in [6.07, 6.45) is 6.58. The number of amides is 1. The molecule has 0 unspecified atom stereocenters. The van der Waals surface area contributed by atoms with E-state index < -0.39 is 0 Å². The summed E-state index contributed by atoms with van der Waals surface area (Å²) in [5.74, 6) is 0.122. The van der Waals surface area contributed by atoms with Gasteiger partial charge in [-0.3, -0.25) is 14.7 Å². The summed E-state index contributed by atoms with van der Waals surface area (Å²) >= 11 is 0. The van der Waals surface area contributed by atoms with E-state index in [1.807, 2.05) is 66.6 Å². The first-order valence-corrected chi connectivity index (χ1v) is 10.8. The standard InChI is InChI=1S/C24H32N4O2/c1-26(2)21-8-4-7-20(14-21)23(29)28-12-9-24(10-13-28)15-22(18-30-24)27(3)17-19-6-5-11-25-16-19/h4-8,11,14,16,22H,9-10,12-13,15,17-18H2,1-3H3/t22-/m0/s1. The van der Waals surface area contributed by atoms with E-state index in [4.69, 9.17) is 4.74 Å². The van der Waals surface area contributed by atoms with Crippen LogP contribution in [0.2, 0.25) is 0 Å². The van der Waals surface area contributed by atoms with Crippen LogP contribution in [0.15, 0.2) is 48.8 Å². The Kier molecular flexibility index (Phi) is 6.06. The fourth-order valence-electron chi connectivity index (χ4n) is 4.58. The Bertz CT molecular complexity index is 863. The van der Waals surface area contributed by atoms with Crippen LogP contribution in [0.25, 0.3) is 0 Å². The van der Waals surface area contributed by atoms with Gasteiger partial charge in [0.1, 0.15) is 0 Å². The number of piperidine rings is 1. The van der Waals surface area contributed by atoms with Crippen molar-refractivity contribution in [3.63, 3.8) is 0 Å². The highest BCUT2D eigenvalue weighted by molar-refractivity contribution is 5.95. The van der Waals surface area contributed by atoms with E-state index in [1.54, 1.807) is 0 Å². The van der Waals surface area contributed by atoms with Gasteiger partial charge < -0.3 is 14.5 Å². The third-order valence-corrected chi connectivity index (χ3v) is 6.54. The number of carbonyl (C=O) groups excluding carboxylic acids is 1. The molecule has 30 heavy (non-hydrogen) atoms. The molecular weight excluding hydrogens is 376 g/mol. The van der Waals surface area contributed by atoms with Crippen LogP contribution in [-0.4, -0.2) is 73.2 Å². The Hall–Kier alpha value is -2.44. The zero-order valence-corrected chi connectivity index (χ0v) is 18.3. The minimum absolute atomic E-state index is 0.0872. The molecule has 4 rings (SSSR count). The highest BCUT2D eigenvalue weighted by Gasteiger charge is 2.44. The molecule has 2 aliphatic rings. The molecular formula is C24H32N4O2. The maximum atomic E-state index is 13.0. The van der Waals surface area contributed by atoms with Gasteiger partial charge in [0, 0.05) is 63.4 Å². The van der Waals surface area contributed by atoms with Crippen LogP contribution in [0, 0.1) is 0 Å². The molecule has 160 valence electrons. The lowest BCUT2D eigenvalue weighted by molar-refractivity contribution is -0.0393. The fraction of sp³-hybridized carbons (Fsp3) is 0.500. The molecule has 6 nitrogen and oxygen atoms in total. The van der Waals surface area contributed by atoms with Gasteiger partial charge in [0.15, 0.2) is 0 Å². The third-order valence-electron chi connectivity index (χ3n) is 6.54. The fourth-order valence-corrected chi connectivity index (χ4v) is 4.58. The number of hydrogen-bond acceptors (Lipinski definition) is 5. The lowest BCUT2D eigenvalue weighted by Gasteiger charge is -2.39. The second kappa shape index (κ2) is 8.74. The number of nitrogens with zero attached hydrogens (tertiary/aromatic N) is 4. The quantitative estimate of drug-likeness (QED) is 0.761. The van der Waals surface area contributed by atoms with Gasteiger partial charge in [-0.25, -0.2) is 0 Å². The van der Waals surface area contributed by atoms with E-state index >= 15 is 0 Å². The summed E-state index contributed by atoms with van der Waals surface area (Å²) in [5.41, 5.74) is 2.95. The van der Waals surface area contributed by atoms with Gasteiger partial charge in [-0.1, -0.05) is 12.1 Å². The molecule has 0 N–H and O–H groups in total. The Labute approximate surface area is 179 Å². The zero-order valence-electron chi connectivity index (χ0n) is 18.3. The zero-order chi connectivity index (χ0) is 21.1. The van der Waals surface area contributed by atoms with Gasteiger partial charge in [-0.15, -0.1) is 0 Å². The molecule has 3 heterocycles. The molecule has 0 aliphatic carbocycles. The van der Waals surface area contributed by atoms with E-state index in [2.05, 4.69) is 23.0 Å². The normalized spacial score (nSPS) is 20.7. The van der Waals surface area contributed by atoms with Crippen LogP contribution in [-0.2, 0) is 11.3 Å². The third kappa shape index (κ3) is 4.50. The number of ether oxygens (including phenoxy) is 1. The molecule has 1 atom stereocenters. The van der Waals surface area contributed by atoms with Crippen molar-refractivity contribution < 1.29 is 9.53 Å². The molecule has 1 aromatic heterocycles. The highest BCUT2D eigenvalue weighted by atomic mass is 16.5. The highest BCUT2D eigenvalue weighted by Crippen LogP contribution is 2.38. The SMILES string of the molecule is CN(C)c1cccc(C(=O)N2CCC3(CC2)C[C@H](N(C)Cc2cccnc2)CO3)c1. The first kappa shape index (κ1) is 20.8. The predicted octanol–water partition coefficient (Wildman–Crippen LogP) is 3.04. The lowest BCUT2D eigenvalue weighted by Crippen LogP contribution is -2.47. The molecule has 2 aromatic rings. The molecule has 1 amide bonds. The van der Waals surface area contributed by atoms with Crippen molar-refractivity contribution in [1.82, 2.24) is 14.8 Å². The summed E-state index contributed by atoms with van der Waals surface area (Å²) in [7, 11) is 6.15. The Morgan fingerprint density at radius 3 is 2.70 bits per heavy atom. The van der Waals surface area contributed by atoms with Crippen LogP contribution < -0.4 is 4.90 Å². The average Bonchev–Trinajstić information content (AvgIpc) is 3.18. The monoisotopic (exact) mass is 408 g/mol. The topological polar surface area (TPSA) is 48.9 Å². The first-order chi connectivity index (χ1) is 14.5. The number of rotatable bonds is 5. The number of benzene rings is 1. The van der Waals surface area contributed by atoms with Crippen molar-refractivity contribution in [1.29, 1.82) is 0 Å². The Morgan fingerprint density at radius 1 is 1.20 bits per heavy atom. The van der Waals surface area contributed by atoms with Gasteiger partial charge >= 0.3 is 0 Å². The van der Waals surface area contributed by atoms with Gasteiger partial charge in [-0.2, -0.15) is 0 Å². The van der Waals surface area contributed by atoms with Crippen LogP contribution in [0.5, 0.6) is 0 Å². The molecule has 2 aliphatic heterocycles. The Morgan fingerprint density at radius 2 is 2.00 bits per heavy atom. The first-order valence-electron chi connectivity index (χ1n) is 10.8. The van der Waals surface area contributed by atoms with Crippen molar-refractivity contribution in [3.05, 3.63) is 59.9 Å². The largest absolute Gasteiger partial charge is 0.378 e. The summed E-state index contributed by atoms with van der Waals surface area (Å²) < 4.78 is 6.34. The van der Waals surface area contributed by atoms with Crippen LogP contribution in [0.4, 0.5) is 5.69 Å². The van der Waals surface area contributed by atoms with Crippen molar-refractivity contribution in [2.75, 3.05) is 45.7 Å². The van der Waals surface area contributed by atoms with Crippen molar-refractivity contribution in [3.8, 4) is 0 Å². The van der Waals surface area contributed by atoms with E-state index in [1.165, 1.54) is 5.56 Å². The number of anilines is 1. The summed E-state index contributed by atoms with van der Waals surface area (Å²) in [6.45, 7) is 3.15. The van der Waals surface area contributed by atoms with E-state index in [9.17, 15) is 4.79 Å². The van der Waals surface area contributed by atoms with E-state index in [0.717, 1.165) is 56.8 Å². The number of pyridine rings is 1. The molecule has 0 bridgehead atoms. The minimum atomic E-state index is -0.0872. The molecule has 6 heteroatoms.